The van der Waals surface area contributed by atoms with Crippen molar-refractivity contribution in [3.05, 3.63) is 71.3 Å². The highest BCUT2D eigenvalue weighted by atomic mass is 32.2. The first-order valence-corrected chi connectivity index (χ1v) is 13.5. The van der Waals surface area contributed by atoms with E-state index in [0.717, 1.165) is 5.75 Å². The average molecular weight is 387 g/mol. The van der Waals surface area contributed by atoms with Crippen LogP contribution in [0.4, 0.5) is 0 Å². The molecule has 142 valence electrons. The number of benzene rings is 2. The molecule has 0 aromatic heterocycles. The minimum Gasteiger partial charge on any atom is -0.408 e. The van der Waals surface area contributed by atoms with Crippen molar-refractivity contribution in [2.75, 3.05) is 5.75 Å². The molecular formula is C23H34OSSi. The lowest BCUT2D eigenvalue weighted by molar-refractivity contribution is 0.180. The minimum atomic E-state index is -1.90. The summed E-state index contributed by atoms with van der Waals surface area (Å²) in [5.74, 6) is 1.07. The van der Waals surface area contributed by atoms with Gasteiger partial charge in [-0.3, -0.25) is 0 Å². The van der Waals surface area contributed by atoms with E-state index in [0.29, 0.717) is 5.25 Å². The molecule has 0 saturated heterocycles. The van der Waals surface area contributed by atoms with Crippen LogP contribution in [0.3, 0.4) is 0 Å². The maximum Gasteiger partial charge on any atom is 0.192 e. The molecule has 0 heterocycles. The van der Waals surface area contributed by atoms with Gasteiger partial charge in [-0.15, -0.1) is 0 Å². The van der Waals surface area contributed by atoms with Crippen molar-refractivity contribution in [2.45, 2.75) is 64.1 Å². The number of rotatable bonds is 7. The fourth-order valence-electron chi connectivity index (χ4n) is 2.74. The van der Waals surface area contributed by atoms with Gasteiger partial charge in [-0.25, -0.2) is 0 Å². The van der Waals surface area contributed by atoms with E-state index < -0.39 is 8.32 Å². The molecule has 0 N–H and O–H groups in total. The highest BCUT2D eigenvalue weighted by Crippen LogP contribution is 2.47. The van der Waals surface area contributed by atoms with E-state index in [1.165, 1.54) is 16.7 Å². The zero-order chi connectivity index (χ0) is 19.4. The van der Waals surface area contributed by atoms with Crippen LogP contribution in [-0.4, -0.2) is 14.1 Å². The van der Waals surface area contributed by atoms with Crippen molar-refractivity contribution < 1.29 is 4.43 Å². The Kier molecular flexibility index (Phi) is 7.17. The normalized spacial score (nSPS) is 14.9. The summed E-state index contributed by atoms with van der Waals surface area (Å²) in [5.41, 5.74) is 3.94. The fraction of sp³-hybridized carbons (Fsp3) is 0.478. The lowest BCUT2D eigenvalue weighted by atomic mass is 10.00. The lowest BCUT2D eigenvalue weighted by Crippen LogP contribution is -2.42. The third kappa shape index (κ3) is 5.25. The predicted octanol–water partition coefficient (Wildman–Crippen LogP) is 7.55. The Bertz CT molecular complexity index is 674. The van der Waals surface area contributed by atoms with Gasteiger partial charge in [0.25, 0.3) is 0 Å². The number of hydrogen-bond donors (Lipinski definition) is 0. The van der Waals surface area contributed by atoms with Gasteiger partial charge >= 0.3 is 0 Å². The van der Waals surface area contributed by atoms with Gasteiger partial charge in [0.05, 0.1) is 11.4 Å². The topological polar surface area (TPSA) is 9.23 Å². The van der Waals surface area contributed by atoms with Gasteiger partial charge in [0.15, 0.2) is 8.32 Å². The van der Waals surface area contributed by atoms with Crippen LogP contribution in [0.2, 0.25) is 18.1 Å². The molecule has 1 nitrogen and oxygen atoms in total. The van der Waals surface area contributed by atoms with E-state index in [1.807, 2.05) is 11.8 Å². The van der Waals surface area contributed by atoms with Crippen LogP contribution in [0.15, 0.2) is 54.6 Å². The zero-order valence-corrected chi connectivity index (χ0v) is 19.2. The summed E-state index contributed by atoms with van der Waals surface area (Å²) in [5, 5.41) is 0.492. The molecule has 2 rings (SSSR count). The van der Waals surface area contributed by atoms with Gasteiger partial charge in [0.2, 0.25) is 0 Å². The highest BCUT2D eigenvalue weighted by Gasteiger charge is 2.41. The first-order valence-electron chi connectivity index (χ1n) is 9.56. The van der Waals surface area contributed by atoms with Crippen LogP contribution in [0, 0.1) is 6.92 Å². The van der Waals surface area contributed by atoms with Gasteiger partial charge in [0, 0.05) is 0 Å². The number of aryl methyl sites for hydroxylation is 1. The van der Waals surface area contributed by atoms with Crippen molar-refractivity contribution in [1.82, 2.24) is 0 Å². The maximum absolute atomic E-state index is 7.01. The molecule has 0 spiro atoms. The van der Waals surface area contributed by atoms with Gasteiger partial charge in [-0.1, -0.05) is 87.9 Å². The quantitative estimate of drug-likeness (QED) is 0.454. The number of thioether (sulfide) groups is 1. The Morgan fingerprint density at radius 1 is 0.923 bits per heavy atom. The molecule has 0 aliphatic carbocycles. The lowest BCUT2D eigenvalue weighted by Gasteiger charge is -2.41. The average Bonchev–Trinajstić information content (AvgIpc) is 2.59. The van der Waals surface area contributed by atoms with E-state index in [9.17, 15) is 0 Å². The van der Waals surface area contributed by atoms with Gasteiger partial charge in [0.1, 0.15) is 0 Å². The third-order valence-electron chi connectivity index (χ3n) is 5.38. The Morgan fingerprint density at radius 2 is 1.50 bits per heavy atom. The van der Waals surface area contributed by atoms with Crippen LogP contribution < -0.4 is 0 Å². The smallest absolute Gasteiger partial charge is 0.192 e. The largest absolute Gasteiger partial charge is 0.408 e. The molecule has 0 aliphatic heterocycles. The molecular weight excluding hydrogens is 352 g/mol. The van der Waals surface area contributed by atoms with Crippen LogP contribution in [0.1, 0.15) is 55.7 Å². The highest BCUT2D eigenvalue weighted by molar-refractivity contribution is 7.99. The summed E-state index contributed by atoms with van der Waals surface area (Å²) in [4.78, 5) is 0. The second kappa shape index (κ2) is 8.77. The van der Waals surface area contributed by atoms with E-state index in [1.54, 1.807) is 0 Å². The van der Waals surface area contributed by atoms with Crippen LogP contribution in [-0.2, 0) is 4.43 Å². The molecule has 0 aliphatic rings. The standard InChI is InChI=1S/C23H34OSSi/c1-8-25-22(20-16-14-18(2)15-17-20)21(19-12-10-9-11-13-19)24-26(6,7)23(3,4)5/h9-17,21-22H,8H2,1-7H3/t21-,22+/m1/s1. The van der Waals surface area contributed by atoms with Crippen LogP contribution in [0.5, 0.6) is 0 Å². The predicted molar refractivity (Wildman–Crippen MR) is 120 cm³/mol. The second-order valence-corrected chi connectivity index (χ2v) is 14.7. The Morgan fingerprint density at radius 3 is 2.00 bits per heavy atom. The SMILES string of the molecule is CCS[C@@H](c1ccc(C)cc1)[C@H](O[Si](C)(C)C(C)(C)C)c1ccccc1. The van der Waals surface area contributed by atoms with Crippen molar-refractivity contribution >= 4 is 20.1 Å². The van der Waals surface area contributed by atoms with Crippen molar-refractivity contribution in [2.24, 2.45) is 0 Å². The molecule has 0 saturated carbocycles. The molecule has 26 heavy (non-hydrogen) atoms. The fourth-order valence-corrected chi connectivity index (χ4v) is 5.19. The van der Waals surface area contributed by atoms with Crippen LogP contribution in [0.25, 0.3) is 0 Å². The minimum absolute atomic E-state index is 0.0738. The molecule has 2 aromatic rings. The van der Waals surface area contributed by atoms with Gasteiger partial charge in [-0.05, 0) is 41.9 Å². The molecule has 0 unspecified atom stereocenters. The van der Waals surface area contributed by atoms with Crippen molar-refractivity contribution in [1.29, 1.82) is 0 Å². The first-order chi connectivity index (χ1) is 12.2. The van der Waals surface area contributed by atoms with Crippen molar-refractivity contribution in [3.8, 4) is 0 Å². The summed E-state index contributed by atoms with van der Waals surface area (Å²) in [6.45, 7) is 16.0. The second-order valence-electron chi connectivity index (χ2n) is 8.50. The molecule has 0 bridgehead atoms. The Balaban J connectivity index is 2.48. The summed E-state index contributed by atoms with van der Waals surface area (Å²) in [7, 11) is -1.90. The maximum atomic E-state index is 7.01. The molecule has 2 aromatic carbocycles. The van der Waals surface area contributed by atoms with Gasteiger partial charge < -0.3 is 4.43 Å². The van der Waals surface area contributed by atoms with Crippen LogP contribution >= 0.6 is 11.8 Å². The Labute approximate surface area is 165 Å². The van der Waals surface area contributed by atoms with E-state index in [4.69, 9.17) is 4.43 Å². The van der Waals surface area contributed by atoms with Gasteiger partial charge in [-0.2, -0.15) is 11.8 Å². The summed E-state index contributed by atoms with van der Waals surface area (Å²) >= 11 is 1.99. The molecule has 3 heteroatoms. The summed E-state index contributed by atoms with van der Waals surface area (Å²) in [6, 6.07) is 19.7. The number of hydrogen-bond acceptors (Lipinski definition) is 2. The third-order valence-corrected chi connectivity index (χ3v) is 11.1. The first kappa shape index (κ1) is 21.3. The van der Waals surface area contributed by atoms with E-state index in [-0.39, 0.29) is 11.1 Å². The summed E-state index contributed by atoms with van der Waals surface area (Å²) in [6.07, 6.45) is 0.0738. The zero-order valence-electron chi connectivity index (χ0n) is 17.4. The molecule has 0 radical (unpaired) electrons. The Hall–Kier alpha value is -1.03. The van der Waals surface area contributed by atoms with E-state index >= 15 is 0 Å². The monoisotopic (exact) mass is 386 g/mol. The molecule has 0 fully saturated rings. The van der Waals surface area contributed by atoms with E-state index in [2.05, 4.69) is 102 Å². The summed E-state index contributed by atoms with van der Waals surface area (Å²) < 4.78 is 7.01. The van der Waals surface area contributed by atoms with Crippen molar-refractivity contribution in [3.63, 3.8) is 0 Å². The molecule has 0 amide bonds. The molecule has 2 atom stereocenters.